The summed E-state index contributed by atoms with van der Waals surface area (Å²) in [7, 11) is 1.62. The number of aromatic nitrogens is 4. The molecule has 0 atom stereocenters. The first-order valence-corrected chi connectivity index (χ1v) is 7.23. The minimum Gasteiger partial charge on any atom is -0.496 e. The van der Waals surface area contributed by atoms with Crippen molar-refractivity contribution in [3.63, 3.8) is 0 Å². The van der Waals surface area contributed by atoms with E-state index in [0.29, 0.717) is 10.9 Å². The van der Waals surface area contributed by atoms with E-state index in [2.05, 4.69) is 36.3 Å². The number of hydrogen-bond acceptors (Lipinski definition) is 5. The summed E-state index contributed by atoms with van der Waals surface area (Å²) in [6, 6.07) is 5.68. The zero-order chi connectivity index (χ0) is 15.0. The highest BCUT2D eigenvalue weighted by molar-refractivity contribution is 9.10. The van der Waals surface area contributed by atoms with Crippen molar-refractivity contribution in [3.05, 3.63) is 39.7 Å². The van der Waals surface area contributed by atoms with Crippen LogP contribution in [0.3, 0.4) is 0 Å². The van der Waals surface area contributed by atoms with Gasteiger partial charge in [-0.3, -0.25) is 0 Å². The maximum atomic E-state index is 6.13. The zero-order valence-corrected chi connectivity index (χ0v) is 13.6. The molecular weight excluding hydrogens is 358 g/mol. The predicted octanol–water partition coefficient (Wildman–Crippen LogP) is 3.60. The summed E-state index contributed by atoms with van der Waals surface area (Å²) in [5.74, 6) is 1.93. The monoisotopic (exact) mass is 367 g/mol. The highest BCUT2D eigenvalue weighted by Gasteiger charge is 2.13. The summed E-state index contributed by atoms with van der Waals surface area (Å²) < 4.78 is 7.68. The van der Waals surface area contributed by atoms with Gasteiger partial charge in [-0.15, -0.1) is 0 Å². The Morgan fingerprint density at radius 1 is 1.38 bits per heavy atom. The smallest absolute Gasteiger partial charge is 0.255 e. The van der Waals surface area contributed by atoms with Gasteiger partial charge in [0.1, 0.15) is 23.0 Å². The molecule has 0 saturated carbocycles. The minimum absolute atomic E-state index is 0.394. The first-order chi connectivity index (χ1) is 10.1. The average Bonchev–Trinajstić information content (AvgIpc) is 2.92. The van der Waals surface area contributed by atoms with Gasteiger partial charge < -0.3 is 10.1 Å². The zero-order valence-electron chi connectivity index (χ0n) is 11.3. The van der Waals surface area contributed by atoms with Gasteiger partial charge in [0.2, 0.25) is 0 Å². The van der Waals surface area contributed by atoms with Crippen molar-refractivity contribution in [3.8, 4) is 5.75 Å². The van der Waals surface area contributed by atoms with Crippen LogP contribution in [0.1, 0.15) is 5.56 Å². The largest absolute Gasteiger partial charge is 0.496 e. The lowest BCUT2D eigenvalue weighted by Gasteiger charge is -2.13. The molecule has 2 heterocycles. The summed E-state index contributed by atoms with van der Waals surface area (Å²) in [5, 5.41) is 7.84. The van der Waals surface area contributed by atoms with Crippen LogP contribution in [-0.2, 0) is 0 Å². The first-order valence-electron chi connectivity index (χ1n) is 6.06. The van der Waals surface area contributed by atoms with E-state index in [1.807, 2.05) is 25.1 Å². The highest BCUT2D eigenvalue weighted by Crippen LogP contribution is 2.31. The third-order valence-electron chi connectivity index (χ3n) is 3.02. The predicted molar refractivity (Wildman–Crippen MR) is 84.5 cm³/mol. The molecule has 2 aromatic heterocycles. The topological polar surface area (TPSA) is 64.3 Å². The number of benzene rings is 1. The number of anilines is 2. The van der Waals surface area contributed by atoms with Crippen LogP contribution in [0.15, 0.2) is 29.0 Å². The molecule has 0 aliphatic heterocycles. The number of rotatable bonds is 3. The number of ether oxygens (including phenoxy) is 1. The number of nitrogens with one attached hydrogen (secondary N) is 1. The van der Waals surface area contributed by atoms with Crippen molar-refractivity contribution in [2.45, 2.75) is 6.92 Å². The number of methoxy groups -OCH3 is 1. The van der Waals surface area contributed by atoms with Crippen LogP contribution in [0, 0.1) is 6.92 Å². The molecule has 1 aromatic carbocycles. The first kappa shape index (κ1) is 14.1. The van der Waals surface area contributed by atoms with Crippen molar-refractivity contribution in [2.24, 2.45) is 0 Å². The Labute approximate surface area is 134 Å². The Morgan fingerprint density at radius 2 is 2.19 bits per heavy atom. The SMILES string of the molecule is COc1ccc(Nc2c(C)c(Cl)nc3ncnn23)cc1Br. The van der Waals surface area contributed by atoms with Crippen LogP contribution in [-0.4, -0.2) is 26.7 Å². The van der Waals surface area contributed by atoms with Crippen molar-refractivity contribution in [1.82, 2.24) is 19.6 Å². The molecule has 3 aromatic rings. The Morgan fingerprint density at radius 3 is 2.90 bits per heavy atom. The summed E-state index contributed by atoms with van der Waals surface area (Å²) in [6.07, 6.45) is 1.44. The lowest BCUT2D eigenvalue weighted by Crippen LogP contribution is -2.05. The summed E-state index contributed by atoms with van der Waals surface area (Å²) in [4.78, 5) is 8.22. The van der Waals surface area contributed by atoms with E-state index < -0.39 is 0 Å². The van der Waals surface area contributed by atoms with Gasteiger partial charge in [0.15, 0.2) is 0 Å². The second-order valence-corrected chi connectivity index (χ2v) is 5.53. The summed E-state index contributed by atoms with van der Waals surface area (Å²) >= 11 is 9.59. The minimum atomic E-state index is 0.394. The Kier molecular flexibility index (Phi) is 3.69. The average molecular weight is 369 g/mol. The maximum absolute atomic E-state index is 6.13. The van der Waals surface area contributed by atoms with E-state index in [-0.39, 0.29) is 0 Å². The molecule has 0 spiro atoms. The number of halogens is 2. The molecular formula is C13H11BrClN5O. The molecule has 0 fully saturated rings. The number of fused-ring (bicyclic) bond motifs is 1. The fraction of sp³-hybridized carbons (Fsp3) is 0.154. The Bertz CT molecular complexity index is 820. The van der Waals surface area contributed by atoms with Crippen molar-refractivity contribution in [1.29, 1.82) is 0 Å². The van der Waals surface area contributed by atoms with Gasteiger partial charge >= 0.3 is 0 Å². The van der Waals surface area contributed by atoms with Crippen molar-refractivity contribution >= 4 is 44.8 Å². The normalized spacial score (nSPS) is 10.9. The van der Waals surface area contributed by atoms with Crippen LogP contribution in [0.2, 0.25) is 5.15 Å². The Balaban J connectivity index is 2.07. The molecule has 0 aliphatic carbocycles. The lowest BCUT2D eigenvalue weighted by atomic mass is 10.3. The van der Waals surface area contributed by atoms with Gasteiger partial charge in [0.25, 0.3) is 5.78 Å². The van der Waals surface area contributed by atoms with E-state index in [9.17, 15) is 0 Å². The third-order valence-corrected chi connectivity index (χ3v) is 4.01. The fourth-order valence-corrected chi connectivity index (χ4v) is 2.63. The van der Waals surface area contributed by atoms with E-state index in [1.54, 1.807) is 11.6 Å². The number of nitrogens with zero attached hydrogens (tertiary/aromatic N) is 4. The van der Waals surface area contributed by atoms with Crippen LogP contribution in [0.5, 0.6) is 5.75 Å². The van der Waals surface area contributed by atoms with Gasteiger partial charge in [-0.25, -0.2) is 0 Å². The van der Waals surface area contributed by atoms with Crippen LogP contribution in [0.4, 0.5) is 11.5 Å². The maximum Gasteiger partial charge on any atom is 0.255 e. The summed E-state index contributed by atoms with van der Waals surface area (Å²) in [6.45, 7) is 1.87. The van der Waals surface area contributed by atoms with Crippen LogP contribution in [0.25, 0.3) is 5.78 Å². The van der Waals surface area contributed by atoms with Crippen molar-refractivity contribution in [2.75, 3.05) is 12.4 Å². The van der Waals surface area contributed by atoms with E-state index in [0.717, 1.165) is 27.3 Å². The van der Waals surface area contributed by atoms with Gasteiger partial charge in [-0.2, -0.15) is 19.6 Å². The Hall–Kier alpha value is -1.86. The second kappa shape index (κ2) is 5.50. The van der Waals surface area contributed by atoms with E-state index >= 15 is 0 Å². The highest BCUT2D eigenvalue weighted by atomic mass is 79.9. The quantitative estimate of drug-likeness (QED) is 0.716. The second-order valence-electron chi connectivity index (χ2n) is 4.32. The molecule has 21 heavy (non-hydrogen) atoms. The summed E-state index contributed by atoms with van der Waals surface area (Å²) in [5.41, 5.74) is 1.66. The van der Waals surface area contributed by atoms with Gasteiger partial charge in [-0.1, -0.05) is 11.6 Å². The van der Waals surface area contributed by atoms with Gasteiger partial charge in [0, 0.05) is 11.3 Å². The molecule has 8 heteroatoms. The lowest BCUT2D eigenvalue weighted by molar-refractivity contribution is 0.412. The van der Waals surface area contributed by atoms with Crippen molar-refractivity contribution < 1.29 is 4.74 Å². The molecule has 3 rings (SSSR count). The van der Waals surface area contributed by atoms with Crippen LogP contribution < -0.4 is 10.1 Å². The van der Waals surface area contributed by atoms with Gasteiger partial charge in [0.05, 0.1) is 11.6 Å². The molecule has 0 radical (unpaired) electrons. The fourth-order valence-electron chi connectivity index (χ4n) is 1.93. The standard InChI is InChI=1S/C13H11BrClN5O/c1-7-11(15)19-13-16-6-17-20(13)12(7)18-8-3-4-10(21-2)9(14)5-8/h3-6,18H,1-2H3. The molecule has 6 nitrogen and oxygen atoms in total. The molecule has 108 valence electrons. The van der Waals surface area contributed by atoms with Crippen LogP contribution >= 0.6 is 27.5 Å². The molecule has 1 N–H and O–H groups in total. The van der Waals surface area contributed by atoms with Gasteiger partial charge in [-0.05, 0) is 41.1 Å². The molecule has 0 unspecified atom stereocenters. The van der Waals surface area contributed by atoms with E-state index in [4.69, 9.17) is 16.3 Å². The molecule has 0 saturated heterocycles. The molecule has 0 bridgehead atoms. The number of hydrogen-bond donors (Lipinski definition) is 1. The third kappa shape index (κ3) is 2.54. The molecule has 0 aliphatic rings. The van der Waals surface area contributed by atoms with E-state index in [1.165, 1.54) is 6.33 Å². The molecule has 0 amide bonds.